The zero-order chi connectivity index (χ0) is 68.2. The van der Waals surface area contributed by atoms with E-state index in [1.165, 1.54) is 23.9 Å². The molecule has 0 saturated carbocycles. The van der Waals surface area contributed by atoms with Gasteiger partial charge in [0.2, 0.25) is 23.7 Å². The van der Waals surface area contributed by atoms with E-state index >= 15 is 0 Å². The van der Waals surface area contributed by atoms with E-state index in [2.05, 4.69) is 60.9 Å². The monoisotopic (exact) mass is 1400 g/mol. The van der Waals surface area contributed by atoms with Crippen LogP contribution in [0.3, 0.4) is 0 Å². The predicted octanol–water partition coefficient (Wildman–Crippen LogP) is -0.307. The van der Waals surface area contributed by atoms with Crippen LogP contribution in [0.5, 0.6) is 0 Å². The minimum Gasteiger partial charge on any atom is -0.480 e. The molecule has 42 heteroatoms. The quantitative estimate of drug-likeness (QED) is 0.00900. The number of ether oxygens (including phenoxy) is 1. The normalized spacial score (nSPS) is 19.2. The van der Waals surface area contributed by atoms with Gasteiger partial charge in [0.05, 0.1) is 55.8 Å². The van der Waals surface area contributed by atoms with Gasteiger partial charge in [-0.3, -0.25) is 72.1 Å². The van der Waals surface area contributed by atoms with Crippen molar-refractivity contribution in [1.29, 1.82) is 0 Å². The van der Waals surface area contributed by atoms with E-state index < -0.39 is 127 Å². The van der Waals surface area contributed by atoms with Crippen molar-refractivity contribution >= 4 is 117 Å². The number of H-pyrrole nitrogens is 1. The summed E-state index contributed by atoms with van der Waals surface area (Å²) in [6.07, 6.45) is -2.19. The van der Waals surface area contributed by atoms with Crippen molar-refractivity contribution < 1.29 is 110 Å². The molecule has 6 rings (SSSR count). The maximum absolute atomic E-state index is 13.1. The Hall–Kier alpha value is -7.18. The number of hydrogen-bond donors (Lipinski definition) is 15. The van der Waals surface area contributed by atoms with Gasteiger partial charge in [0.15, 0.2) is 22.5 Å². The van der Waals surface area contributed by atoms with E-state index in [1.54, 1.807) is 24.3 Å². The first-order valence-corrected chi connectivity index (χ1v) is 34.1. The number of unbranched alkanes of at least 4 members (excludes halogenated alkanes) is 5. The van der Waals surface area contributed by atoms with Gasteiger partial charge in [-0.2, -0.15) is 13.6 Å². The Labute approximate surface area is 537 Å². The lowest BCUT2D eigenvalue weighted by atomic mass is 10.1. The molecule has 2 aliphatic rings. The van der Waals surface area contributed by atoms with Gasteiger partial charge in [0, 0.05) is 74.7 Å². The number of aromatic nitrogens is 5. The minimum atomic E-state index is -5.78. The molecule has 3 amide bonds. The number of carboxylic acids is 4. The highest BCUT2D eigenvalue weighted by Gasteiger charge is 2.47. The third-order valence-electron chi connectivity index (χ3n) is 13.2. The summed E-state index contributed by atoms with van der Waals surface area (Å²) in [6.45, 7) is -3.63. The fourth-order valence-corrected chi connectivity index (χ4v) is 14.2. The number of imide groups is 1. The Bertz CT molecular complexity index is 3560. The summed E-state index contributed by atoms with van der Waals surface area (Å²) in [7, 11) is -16.5. The Morgan fingerprint density at radius 1 is 0.774 bits per heavy atom. The number of phosphoric ester groups is 1. The number of likely N-dealkylation sites (tertiary alicyclic amines) is 1. The van der Waals surface area contributed by atoms with E-state index in [9.17, 15) is 97.4 Å². The molecule has 1 aromatic carbocycles. The molecule has 508 valence electrons. The number of anilines is 2. The van der Waals surface area contributed by atoms with Crippen molar-refractivity contribution in [2.24, 2.45) is 0 Å². The number of nitrogens with two attached hydrogens (primary N) is 1. The highest BCUT2D eigenvalue weighted by Crippen LogP contribution is 2.66. The molecule has 2 saturated heterocycles. The second-order valence-corrected chi connectivity index (χ2v) is 27.2. The van der Waals surface area contributed by atoms with Gasteiger partial charge < -0.3 is 71.7 Å². The smallest absolute Gasteiger partial charge is 0.480 e. The Balaban J connectivity index is 0.813. The summed E-state index contributed by atoms with van der Waals surface area (Å²) in [5.74, 6) is -0.255. The van der Waals surface area contributed by atoms with Gasteiger partial charge in [0.25, 0.3) is 5.56 Å². The molecule has 5 heterocycles. The predicted molar refractivity (Wildman–Crippen MR) is 329 cm³/mol. The van der Waals surface area contributed by atoms with Gasteiger partial charge in [-0.25, -0.2) is 23.8 Å². The molecule has 0 aliphatic carbocycles. The molecular weight excluding hydrogens is 1340 g/mol. The summed E-state index contributed by atoms with van der Waals surface area (Å²) < 4.78 is 57.0. The highest BCUT2D eigenvalue weighted by molar-refractivity contribution is 8.00. The number of carboxylic acid groups (broad SMARTS) is 4. The van der Waals surface area contributed by atoms with Gasteiger partial charge >= 0.3 is 47.3 Å². The number of amides is 3. The fourth-order valence-electron chi connectivity index (χ4n) is 9.22. The number of aromatic amines is 1. The zero-order valence-electron chi connectivity index (χ0n) is 49.1. The Morgan fingerprint density at radius 3 is 1.96 bits per heavy atom. The summed E-state index contributed by atoms with van der Waals surface area (Å²) in [5.41, 5.74) is 6.44. The SMILES string of the molecule is Nc1nc2c(ncn2[C@@H]2O[C@H](COP(=O)(O)OP(=O)(O)OP(=O)(O)NCCCCCCCCNC(=O)CCN3C(=O)CC(SCCNC(=S)Nc4ccc(C#Cc5cc(CN(CC(=O)O)CC(=O)O)nc(CN(CC(=O)O)CC(=O)O)c5)cc4)C3=O)[C@H](O)C2O)c(=O)[nH]1. The zero-order valence-corrected chi connectivity index (χ0v) is 53.4. The number of thiocarbonyl (C=S) groups is 1. The molecule has 37 nitrogen and oxygen atoms in total. The lowest BCUT2D eigenvalue weighted by Crippen LogP contribution is -2.36. The third-order valence-corrected chi connectivity index (χ3v) is 19.1. The van der Waals surface area contributed by atoms with Gasteiger partial charge in [-0.1, -0.05) is 37.5 Å². The van der Waals surface area contributed by atoms with Gasteiger partial charge in [-0.05, 0) is 61.5 Å². The van der Waals surface area contributed by atoms with Crippen LogP contribution >= 0.6 is 47.4 Å². The molecular formula is C51H68N13O24P3S2. The van der Waals surface area contributed by atoms with Gasteiger partial charge in [0.1, 0.15) is 18.3 Å². The molecule has 2 aliphatic heterocycles. The van der Waals surface area contributed by atoms with E-state index in [-0.39, 0.29) is 85.0 Å². The molecule has 8 atom stereocenters. The minimum absolute atomic E-state index is 0.0336. The summed E-state index contributed by atoms with van der Waals surface area (Å²) >= 11 is 6.69. The average Bonchev–Trinajstić information content (AvgIpc) is 1.62. The highest BCUT2D eigenvalue weighted by atomic mass is 32.2. The third kappa shape index (κ3) is 24.9. The molecule has 0 bridgehead atoms. The van der Waals surface area contributed by atoms with Crippen molar-refractivity contribution in [3.63, 3.8) is 0 Å². The summed E-state index contributed by atoms with van der Waals surface area (Å²) in [4.78, 5) is 144. The van der Waals surface area contributed by atoms with Crippen LogP contribution in [0.25, 0.3) is 11.2 Å². The first-order valence-electron chi connectivity index (χ1n) is 28.1. The van der Waals surface area contributed by atoms with Gasteiger partial charge in [-0.15, -0.1) is 11.8 Å². The van der Waals surface area contributed by atoms with Crippen LogP contribution in [0, 0.1) is 11.8 Å². The molecule has 4 aromatic rings. The van der Waals surface area contributed by atoms with Crippen molar-refractivity contribution in [3.8, 4) is 11.8 Å². The van der Waals surface area contributed by atoms with Crippen molar-refractivity contribution in [1.82, 2.24) is 54.9 Å². The molecule has 5 unspecified atom stereocenters. The number of nitrogen functional groups attached to an aromatic ring is 1. The number of fused-ring (bicyclic) bond motifs is 1. The largest absolute Gasteiger partial charge is 0.489 e. The van der Waals surface area contributed by atoms with Crippen LogP contribution in [0.15, 0.2) is 47.5 Å². The number of phosphoric acid groups is 2. The molecule has 16 N–H and O–H groups in total. The van der Waals surface area contributed by atoms with Crippen LogP contribution in [0.2, 0.25) is 0 Å². The number of benzene rings is 1. The number of imidazole rings is 1. The van der Waals surface area contributed by atoms with Crippen LogP contribution in [-0.2, 0) is 78.2 Å². The number of aliphatic hydroxyl groups excluding tert-OH is 2. The van der Waals surface area contributed by atoms with E-state index in [1.807, 2.05) is 5.09 Å². The number of rotatable bonds is 38. The summed E-state index contributed by atoms with van der Waals surface area (Å²) in [6, 6.07) is 9.79. The van der Waals surface area contributed by atoms with Crippen LogP contribution in [-0.4, -0.2) is 220 Å². The van der Waals surface area contributed by atoms with E-state index in [0.29, 0.717) is 67.8 Å². The second-order valence-electron chi connectivity index (χ2n) is 20.7. The number of carbonyl (C=O) groups is 7. The van der Waals surface area contributed by atoms with E-state index in [4.69, 9.17) is 22.7 Å². The molecule has 2 fully saturated rings. The number of thioether (sulfide) groups is 1. The Kier molecular flexibility index (Phi) is 28.0. The first kappa shape index (κ1) is 74.9. The average molecular weight is 1400 g/mol. The maximum atomic E-state index is 13.1. The van der Waals surface area contributed by atoms with E-state index in [0.717, 1.165) is 25.6 Å². The van der Waals surface area contributed by atoms with Crippen LogP contribution < -0.4 is 32.3 Å². The molecule has 93 heavy (non-hydrogen) atoms. The van der Waals surface area contributed by atoms with Crippen molar-refractivity contribution in [2.75, 3.05) is 75.8 Å². The topological polar surface area (TPSA) is 550 Å². The number of carbonyl (C=O) groups excluding carboxylic acids is 3. The number of aliphatic hydroxyl groups is 2. The molecule has 0 radical (unpaired) electrons. The number of nitrogens with zero attached hydrogens (tertiary/aromatic N) is 7. The number of nitrogens with one attached hydrogen (secondary N) is 5. The number of pyridine rings is 1. The number of hydrogen-bond acceptors (Lipinski definition) is 25. The number of aliphatic carboxylic acids is 4. The second kappa shape index (κ2) is 34.8. The Morgan fingerprint density at radius 2 is 1.35 bits per heavy atom. The van der Waals surface area contributed by atoms with Crippen LogP contribution in [0.4, 0.5) is 11.6 Å². The van der Waals surface area contributed by atoms with Crippen molar-refractivity contribution in [3.05, 3.63) is 75.6 Å². The lowest BCUT2D eigenvalue weighted by molar-refractivity contribution is -0.144. The first-order chi connectivity index (χ1) is 43.8. The lowest BCUT2D eigenvalue weighted by Gasteiger charge is -2.20. The standard InChI is InChI=1S/C51H68N13O24P3S2/c52-50-59-46-43(47(77)60-50)55-29-64(46)49-45(76)44(75)35(86-49)28-85-90(81,82)88-91(83,84)87-89(79,80)56-15-6-4-2-1-3-5-14-53-37(65)13-17-63-38(66)21-36(48(63)78)93-18-16-54-51(92)58-32-11-9-30(10-12-32)7-8-31-19-33(22-61(24-39(67)68)25-40(69)70)57-34(20-31)23-62(26-41(71)72)27-42(73)74/h9-12,19-20,29,35-36,44-45,49,75-76H,1-6,13-18,21-28H2,(H,53,65)(H,67,68)(H,69,70)(H,71,72)(H,73,74)(H,81,82)(H,83,84)(H2,54,58,92)(H2,56,79,80)(H3,52,59,60,77)/t35-,36?,44+,45?,49-/m1/s1. The fraction of sp³-hybridized carbons (Fsp3) is 0.490. The van der Waals surface area contributed by atoms with Crippen molar-refractivity contribution in [2.45, 2.75) is 94.2 Å². The molecule has 0 spiro atoms. The molecule has 3 aromatic heterocycles. The maximum Gasteiger partial charge on any atom is 0.489 e. The van der Waals surface area contributed by atoms with Crippen LogP contribution in [0.1, 0.15) is 80.1 Å². The summed E-state index contributed by atoms with van der Waals surface area (Å²) in [5, 5.41) is 68.8.